The number of aromatic nitrogens is 2. The zero-order valence-electron chi connectivity index (χ0n) is 5.70. The zero-order chi connectivity index (χ0) is 7.84. The molecular weight excluding hydrogens is 142 g/mol. The van der Waals surface area contributed by atoms with Crippen LogP contribution < -0.4 is 5.73 Å². The minimum absolute atomic E-state index is 0.180. The van der Waals surface area contributed by atoms with Gasteiger partial charge < -0.3 is 15.8 Å². The first-order chi connectivity index (χ1) is 5.27. The Kier molecular flexibility index (Phi) is 1.03. The first-order valence-corrected chi connectivity index (χ1v) is 3.19. The van der Waals surface area contributed by atoms with E-state index in [1.54, 1.807) is 6.07 Å². The van der Waals surface area contributed by atoms with E-state index in [4.69, 9.17) is 5.73 Å². The van der Waals surface area contributed by atoms with E-state index in [1.165, 1.54) is 12.4 Å². The number of pyridine rings is 1. The summed E-state index contributed by atoms with van der Waals surface area (Å²) in [7, 11) is 0. The average Bonchev–Trinajstić information content (AvgIpc) is 2.33. The van der Waals surface area contributed by atoms with Gasteiger partial charge in [-0.1, -0.05) is 0 Å². The predicted octanol–water partition coefficient (Wildman–Crippen LogP) is 0.851. The molecule has 0 unspecified atom stereocenters. The molecular formula is C7H7N3O. The fourth-order valence-electron chi connectivity index (χ4n) is 1.01. The molecule has 0 fully saturated rings. The van der Waals surface area contributed by atoms with E-state index < -0.39 is 0 Å². The highest BCUT2D eigenvalue weighted by atomic mass is 16.3. The quantitative estimate of drug-likeness (QED) is 0.519. The largest absolute Gasteiger partial charge is 0.506 e. The lowest BCUT2D eigenvalue weighted by atomic mass is 10.3. The molecule has 4 nitrogen and oxygen atoms in total. The number of fused-ring (bicyclic) bond motifs is 1. The van der Waals surface area contributed by atoms with Crippen molar-refractivity contribution >= 4 is 16.7 Å². The highest BCUT2D eigenvalue weighted by Crippen LogP contribution is 2.23. The minimum Gasteiger partial charge on any atom is -0.506 e. The van der Waals surface area contributed by atoms with E-state index in [0.717, 1.165) is 0 Å². The second-order valence-corrected chi connectivity index (χ2v) is 2.34. The number of nitrogen functional groups attached to an aromatic ring is 1. The lowest BCUT2D eigenvalue weighted by molar-refractivity contribution is 0.481. The Bertz CT molecular complexity index is 393. The lowest BCUT2D eigenvalue weighted by Crippen LogP contribution is -1.85. The third-order valence-corrected chi connectivity index (χ3v) is 1.53. The minimum atomic E-state index is 0.180. The number of H-pyrrole nitrogens is 1. The van der Waals surface area contributed by atoms with Crippen molar-refractivity contribution in [2.75, 3.05) is 5.73 Å². The van der Waals surface area contributed by atoms with E-state index in [-0.39, 0.29) is 5.75 Å². The van der Waals surface area contributed by atoms with E-state index in [9.17, 15) is 5.11 Å². The van der Waals surface area contributed by atoms with Gasteiger partial charge in [-0.05, 0) is 6.07 Å². The normalized spacial score (nSPS) is 10.5. The van der Waals surface area contributed by atoms with Gasteiger partial charge in [0.2, 0.25) is 0 Å². The van der Waals surface area contributed by atoms with Crippen LogP contribution in [0, 0.1) is 0 Å². The molecule has 0 spiro atoms. The molecule has 4 heteroatoms. The van der Waals surface area contributed by atoms with Gasteiger partial charge in [-0.3, -0.25) is 0 Å². The van der Waals surface area contributed by atoms with Crippen LogP contribution in [0.5, 0.6) is 5.75 Å². The summed E-state index contributed by atoms with van der Waals surface area (Å²) in [5.74, 6) is 0.180. The van der Waals surface area contributed by atoms with E-state index >= 15 is 0 Å². The van der Waals surface area contributed by atoms with Gasteiger partial charge >= 0.3 is 0 Å². The second-order valence-electron chi connectivity index (χ2n) is 2.34. The molecule has 0 atom stereocenters. The van der Waals surface area contributed by atoms with Gasteiger partial charge in [0.1, 0.15) is 11.4 Å². The van der Waals surface area contributed by atoms with Gasteiger partial charge in [0, 0.05) is 6.20 Å². The van der Waals surface area contributed by atoms with Crippen molar-refractivity contribution < 1.29 is 5.11 Å². The van der Waals surface area contributed by atoms with E-state index in [2.05, 4.69) is 9.97 Å². The summed E-state index contributed by atoms with van der Waals surface area (Å²) >= 11 is 0. The summed E-state index contributed by atoms with van der Waals surface area (Å²) in [6, 6.07) is 1.67. The molecule has 2 aromatic heterocycles. The molecule has 2 rings (SSSR count). The molecule has 2 heterocycles. The third kappa shape index (κ3) is 0.797. The smallest absolute Gasteiger partial charge is 0.142 e. The van der Waals surface area contributed by atoms with Gasteiger partial charge in [0.25, 0.3) is 0 Å². The first kappa shape index (κ1) is 6.03. The third-order valence-electron chi connectivity index (χ3n) is 1.53. The summed E-state index contributed by atoms with van der Waals surface area (Å²) < 4.78 is 0. The topological polar surface area (TPSA) is 74.9 Å². The Morgan fingerprint density at radius 2 is 2.36 bits per heavy atom. The van der Waals surface area contributed by atoms with Crippen molar-refractivity contribution in [2.45, 2.75) is 0 Å². The molecule has 0 saturated carbocycles. The molecule has 11 heavy (non-hydrogen) atoms. The van der Waals surface area contributed by atoms with Crippen molar-refractivity contribution in [3.63, 3.8) is 0 Å². The van der Waals surface area contributed by atoms with Crippen LogP contribution in [0.4, 0.5) is 5.69 Å². The summed E-state index contributed by atoms with van der Waals surface area (Å²) in [5, 5.41) is 9.87. The molecule has 0 aliphatic carbocycles. The van der Waals surface area contributed by atoms with Crippen molar-refractivity contribution in [3.8, 4) is 5.75 Å². The molecule has 4 N–H and O–H groups in total. The maximum atomic E-state index is 9.21. The fourth-order valence-corrected chi connectivity index (χ4v) is 1.01. The molecule has 0 aliphatic rings. The van der Waals surface area contributed by atoms with E-state index in [1.807, 2.05) is 0 Å². The number of nitrogens with two attached hydrogens (primary N) is 1. The monoisotopic (exact) mass is 149 g/mol. The van der Waals surface area contributed by atoms with Crippen LogP contribution in [0.15, 0.2) is 18.5 Å². The van der Waals surface area contributed by atoms with Crippen molar-refractivity contribution in [3.05, 3.63) is 18.5 Å². The SMILES string of the molecule is Nc1cnc2[nH]cc(O)c2c1. The number of nitrogens with one attached hydrogen (secondary N) is 1. The second kappa shape index (κ2) is 1.88. The summed E-state index contributed by atoms with van der Waals surface area (Å²) in [6.07, 6.45) is 3.02. The Labute approximate surface area is 62.7 Å². The van der Waals surface area contributed by atoms with Gasteiger partial charge in [0.05, 0.1) is 17.3 Å². The highest BCUT2D eigenvalue weighted by molar-refractivity contribution is 5.84. The number of aromatic amines is 1. The number of anilines is 1. The van der Waals surface area contributed by atoms with Crippen LogP contribution in [0.2, 0.25) is 0 Å². The molecule has 2 aromatic rings. The summed E-state index contributed by atoms with van der Waals surface area (Å²) in [5.41, 5.74) is 6.66. The Morgan fingerprint density at radius 3 is 3.18 bits per heavy atom. The zero-order valence-corrected chi connectivity index (χ0v) is 5.70. The maximum absolute atomic E-state index is 9.21. The number of nitrogens with zero attached hydrogens (tertiary/aromatic N) is 1. The van der Waals surface area contributed by atoms with Crippen molar-refractivity contribution in [2.24, 2.45) is 0 Å². The van der Waals surface area contributed by atoms with E-state index in [0.29, 0.717) is 16.7 Å². The van der Waals surface area contributed by atoms with Crippen LogP contribution >= 0.6 is 0 Å². The van der Waals surface area contributed by atoms with Gasteiger partial charge in [-0.2, -0.15) is 0 Å². The average molecular weight is 149 g/mol. The van der Waals surface area contributed by atoms with Crippen LogP contribution in [-0.4, -0.2) is 15.1 Å². The van der Waals surface area contributed by atoms with Crippen LogP contribution in [0.25, 0.3) is 11.0 Å². The van der Waals surface area contributed by atoms with Crippen LogP contribution in [-0.2, 0) is 0 Å². The molecule has 0 radical (unpaired) electrons. The Morgan fingerprint density at radius 1 is 1.55 bits per heavy atom. The van der Waals surface area contributed by atoms with Gasteiger partial charge in [0.15, 0.2) is 0 Å². The van der Waals surface area contributed by atoms with Crippen molar-refractivity contribution in [1.29, 1.82) is 0 Å². The van der Waals surface area contributed by atoms with Gasteiger partial charge in [-0.15, -0.1) is 0 Å². The van der Waals surface area contributed by atoms with Gasteiger partial charge in [-0.25, -0.2) is 4.98 Å². The molecule has 56 valence electrons. The summed E-state index contributed by atoms with van der Waals surface area (Å²) in [4.78, 5) is 6.76. The number of aromatic hydroxyl groups is 1. The maximum Gasteiger partial charge on any atom is 0.142 e. The number of rotatable bonds is 0. The van der Waals surface area contributed by atoms with Crippen LogP contribution in [0.1, 0.15) is 0 Å². The molecule has 0 bridgehead atoms. The predicted molar refractivity (Wildman–Crippen MR) is 42.2 cm³/mol. The molecule has 0 saturated heterocycles. The number of hydrogen-bond acceptors (Lipinski definition) is 3. The highest BCUT2D eigenvalue weighted by Gasteiger charge is 2.01. The fraction of sp³-hybridized carbons (Fsp3) is 0. The molecule has 0 aromatic carbocycles. The van der Waals surface area contributed by atoms with Crippen molar-refractivity contribution in [1.82, 2.24) is 9.97 Å². The molecule has 0 aliphatic heterocycles. The Hall–Kier alpha value is -1.71. The van der Waals surface area contributed by atoms with Crippen LogP contribution in [0.3, 0.4) is 0 Å². The lowest BCUT2D eigenvalue weighted by Gasteiger charge is -1.91. The number of hydrogen-bond donors (Lipinski definition) is 3. The standard InChI is InChI=1S/C7H7N3O/c8-4-1-5-6(11)3-10-7(5)9-2-4/h1-3,11H,8H2,(H,9,10). The Balaban J connectivity index is 2.87. The summed E-state index contributed by atoms with van der Waals surface area (Å²) in [6.45, 7) is 0. The molecule has 0 amide bonds. The first-order valence-electron chi connectivity index (χ1n) is 3.19.